The number of fused-ring (bicyclic) bond motifs is 1. The molecule has 0 saturated carbocycles. The van der Waals surface area contributed by atoms with Gasteiger partial charge in [-0.1, -0.05) is 29.8 Å². The van der Waals surface area contributed by atoms with Gasteiger partial charge < -0.3 is 9.47 Å². The van der Waals surface area contributed by atoms with Gasteiger partial charge in [-0.05, 0) is 29.8 Å². The van der Waals surface area contributed by atoms with Crippen molar-refractivity contribution in [3.8, 4) is 5.75 Å². The van der Waals surface area contributed by atoms with Gasteiger partial charge in [0.15, 0.2) is 0 Å². The molecule has 0 radical (unpaired) electrons. The molecule has 1 atom stereocenters. The van der Waals surface area contributed by atoms with Crippen LogP contribution in [0.25, 0.3) is 0 Å². The summed E-state index contributed by atoms with van der Waals surface area (Å²) in [6.45, 7) is 0.681. The summed E-state index contributed by atoms with van der Waals surface area (Å²) in [5.41, 5.74) is 1.65. The van der Waals surface area contributed by atoms with Crippen molar-refractivity contribution >= 4 is 21.6 Å². The Hall–Kier alpha value is -1.60. The average Bonchev–Trinajstić information content (AvgIpc) is 3.04. The van der Waals surface area contributed by atoms with Crippen LogP contribution in [0, 0.1) is 0 Å². The van der Waals surface area contributed by atoms with Crippen LogP contribution in [-0.4, -0.2) is 28.7 Å². The van der Waals surface area contributed by atoms with Crippen molar-refractivity contribution in [1.82, 2.24) is 4.72 Å². The molecule has 0 aliphatic carbocycles. The number of halogens is 1. The number of nitrogens with one attached hydrogen (secondary N) is 1. The quantitative estimate of drug-likeness (QED) is 0.852. The molecular formula is C17H18ClNO4S. The normalized spacial score (nSPS) is 14.9. The lowest BCUT2D eigenvalue weighted by Crippen LogP contribution is -2.29. The molecule has 24 heavy (non-hydrogen) atoms. The molecule has 2 aromatic carbocycles. The van der Waals surface area contributed by atoms with Gasteiger partial charge in [-0.3, -0.25) is 0 Å². The van der Waals surface area contributed by atoms with Crippen molar-refractivity contribution in [1.29, 1.82) is 0 Å². The Kier molecular flexibility index (Phi) is 5.10. The molecule has 0 unspecified atom stereocenters. The highest BCUT2D eigenvalue weighted by atomic mass is 35.5. The number of rotatable bonds is 6. The number of hydrogen-bond donors (Lipinski definition) is 1. The first-order chi connectivity index (χ1) is 11.5. The van der Waals surface area contributed by atoms with E-state index in [9.17, 15) is 8.42 Å². The molecule has 0 amide bonds. The molecule has 0 aromatic heterocycles. The second kappa shape index (κ2) is 7.11. The van der Waals surface area contributed by atoms with Gasteiger partial charge >= 0.3 is 0 Å². The third-order valence-corrected chi connectivity index (χ3v) is 5.73. The van der Waals surface area contributed by atoms with Crippen molar-refractivity contribution in [3.05, 3.63) is 58.6 Å². The van der Waals surface area contributed by atoms with Crippen LogP contribution in [0.15, 0.2) is 47.4 Å². The molecule has 1 N–H and O–H groups in total. The number of sulfonamides is 1. The van der Waals surface area contributed by atoms with E-state index in [1.807, 2.05) is 18.2 Å². The lowest BCUT2D eigenvalue weighted by Gasteiger charge is -2.18. The Labute approximate surface area is 146 Å². The Morgan fingerprint density at radius 3 is 2.83 bits per heavy atom. The van der Waals surface area contributed by atoms with E-state index in [1.165, 1.54) is 7.11 Å². The molecule has 5 nitrogen and oxygen atoms in total. The highest BCUT2D eigenvalue weighted by molar-refractivity contribution is 7.89. The van der Waals surface area contributed by atoms with Gasteiger partial charge in [0.25, 0.3) is 0 Å². The first-order valence-electron chi connectivity index (χ1n) is 7.54. The second-order valence-electron chi connectivity index (χ2n) is 5.47. The van der Waals surface area contributed by atoms with Gasteiger partial charge in [-0.15, -0.1) is 0 Å². The van der Waals surface area contributed by atoms with Crippen LogP contribution in [0.5, 0.6) is 5.75 Å². The number of hydrogen-bond acceptors (Lipinski definition) is 4. The van der Waals surface area contributed by atoms with Crippen molar-refractivity contribution in [2.75, 3.05) is 20.3 Å². The molecule has 3 rings (SSSR count). The largest absolute Gasteiger partial charge is 0.493 e. The summed E-state index contributed by atoms with van der Waals surface area (Å²) in [4.78, 5) is 0.223. The van der Waals surface area contributed by atoms with Gasteiger partial charge in [0, 0.05) is 30.7 Å². The van der Waals surface area contributed by atoms with Crippen LogP contribution in [0.2, 0.25) is 5.02 Å². The fourth-order valence-corrected chi connectivity index (χ4v) is 3.99. The van der Waals surface area contributed by atoms with Crippen LogP contribution in [-0.2, 0) is 21.2 Å². The van der Waals surface area contributed by atoms with Gasteiger partial charge in [0.2, 0.25) is 10.0 Å². The zero-order valence-electron chi connectivity index (χ0n) is 13.2. The zero-order valence-corrected chi connectivity index (χ0v) is 14.7. The summed E-state index contributed by atoms with van der Waals surface area (Å²) in [7, 11) is -2.11. The number of benzene rings is 2. The van der Waals surface area contributed by atoms with Crippen LogP contribution >= 0.6 is 11.6 Å². The molecule has 1 heterocycles. The van der Waals surface area contributed by atoms with Crippen molar-refractivity contribution in [2.45, 2.75) is 17.4 Å². The van der Waals surface area contributed by atoms with Gasteiger partial charge in [0.05, 0.1) is 17.6 Å². The van der Waals surface area contributed by atoms with E-state index in [0.29, 0.717) is 11.6 Å². The molecule has 0 fully saturated rings. The van der Waals surface area contributed by atoms with Crippen molar-refractivity contribution in [2.24, 2.45) is 0 Å². The molecular weight excluding hydrogens is 350 g/mol. The van der Waals surface area contributed by atoms with E-state index in [0.717, 1.165) is 23.3 Å². The molecule has 0 spiro atoms. The Morgan fingerprint density at radius 1 is 1.29 bits per heavy atom. The summed E-state index contributed by atoms with van der Waals surface area (Å²) in [6, 6.07) is 12.1. The summed E-state index contributed by atoms with van der Waals surface area (Å²) in [5.74, 6) is 0.750. The van der Waals surface area contributed by atoms with E-state index in [1.54, 1.807) is 24.3 Å². The highest BCUT2D eigenvalue weighted by Crippen LogP contribution is 2.28. The summed E-state index contributed by atoms with van der Waals surface area (Å²) in [5, 5.41) is 0.540. The van der Waals surface area contributed by atoms with E-state index >= 15 is 0 Å². The van der Waals surface area contributed by atoms with E-state index in [-0.39, 0.29) is 11.4 Å². The van der Waals surface area contributed by atoms with Crippen molar-refractivity contribution in [3.63, 3.8) is 0 Å². The maximum atomic E-state index is 12.5. The monoisotopic (exact) mass is 367 g/mol. The van der Waals surface area contributed by atoms with Gasteiger partial charge in [0.1, 0.15) is 5.75 Å². The molecule has 1 aliphatic rings. The summed E-state index contributed by atoms with van der Waals surface area (Å²) in [6.07, 6.45) is 0.255. The smallest absolute Gasteiger partial charge is 0.240 e. The van der Waals surface area contributed by atoms with Crippen LogP contribution < -0.4 is 9.46 Å². The van der Waals surface area contributed by atoms with E-state index in [4.69, 9.17) is 21.1 Å². The first-order valence-corrected chi connectivity index (χ1v) is 9.40. The first kappa shape index (κ1) is 17.2. The topological polar surface area (TPSA) is 64.6 Å². The minimum absolute atomic E-state index is 0.0934. The van der Waals surface area contributed by atoms with Crippen molar-refractivity contribution < 1.29 is 17.9 Å². The third-order valence-electron chi connectivity index (χ3n) is 3.97. The Balaban J connectivity index is 1.76. The number of ether oxygens (including phenoxy) is 2. The van der Waals surface area contributed by atoms with Crippen LogP contribution in [0.3, 0.4) is 0 Å². The SMILES string of the molecule is CO[C@@H](CNS(=O)(=O)c1ccc2c(c1)CCO2)c1ccccc1Cl. The fourth-order valence-electron chi connectivity index (χ4n) is 2.66. The minimum Gasteiger partial charge on any atom is -0.493 e. The molecule has 7 heteroatoms. The summed E-state index contributed by atoms with van der Waals surface area (Å²) < 4.78 is 38.4. The van der Waals surface area contributed by atoms with Gasteiger partial charge in [-0.2, -0.15) is 0 Å². The van der Waals surface area contributed by atoms with Crippen LogP contribution in [0.1, 0.15) is 17.2 Å². The highest BCUT2D eigenvalue weighted by Gasteiger charge is 2.22. The Bertz CT molecular complexity index is 838. The molecule has 2 aromatic rings. The molecule has 1 aliphatic heterocycles. The standard InChI is InChI=1S/C17H18ClNO4S/c1-22-17(14-4-2-3-5-15(14)18)11-19-24(20,21)13-6-7-16-12(10-13)8-9-23-16/h2-7,10,17,19H,8-9,11H2,1H3/t17-/m0/s1. The fraction of sp³-hybridized carbons (Fsp3) is 0.294. The zero-order chi connectivity index (χ0) is 17.2. The average molecular weight is 368 g/mol. The Morgan fingerprint density at radius 2 is 2.08 bits per heavy atom. The maximum absolute atomic E-state index is 12.5. The number of methoxy groups -OCH3 is 1. The second-order valence-corrected chi connectivity index (χ2v) is 7.64. The predicted octanol–water partition coefficient (Wildman–Crippen LogP) is 2.94. The summed E-state index contributed by atoms with van der Waals surface area (Å²) >= 11 is 6.16. The predicted molar refractivity (Wildman–Crippen MR) is 92.0 cm³/mol. The lowest BCUT2D eigenvalue weighted by molar-refractivity contribution is 0.107. The lowest BCUT2D eigenvalue weighted by atomic mass is 10.1. The van der Waals surface area contributed by atoms with Gasteiger partial charge in [-0.25, -0.2) is 13.1 Å². The van der Waals surface area contributed by atoms with E-state index < -0.39 is 16.1 Å². The molecule has 0 bridgehead atoms. The maximum Gasteiger partial charge on any atom is 0.240 e. The molecule has 0 saturated heterocycles. The minimum atomic E-state index is -3.64. The molecule has 128 valence electrons. The van der Waals surface area contributed by atoms with Crippen LogP contribution in [0.4, 0.5) is 0 Å². The van der Waals surface area contributed by atoms with E-state index in [2.05, 4.69) is 4.72 Å². The third kappa shape index (κ3) is 3.57.